The van der Waals surface area contributed by atoms with E-state index in [1.807, 2.05) is 0 Å². The summed E-state index contributed by atoms with van der Waals surface area (Å²) in [6, 6.07) is 0. The van der Waals surface area contributed by atoms with Crippen molar-refractivity contribution in [3.05, 3.63) is 12.2 Å². The van der Waals surface area contributed by atoms with Gasteiger partial charge in [0.2, 0.25) is 0 Å². The molecule has 0 rings (SSSR count). The second kappa shape index (κ2) is 15.6. The predicted octanol–water partition coefficient (Wildman–Crippen LogP) is 6.20. The van der Waals surface area contributed by atoms with Gasteiger partial charge in [-0.1, -0.05) is 70.9 Å². The molecule has 0 spiro atoms. The number of unbranched alkanes of at least 4 members (excludes halogenated alkanes) is 8. The minimum Gasteiger partial charge on any atom is -0.462 e. The van der Waals surface area contributed by atoms with E-state index in [1.165, 1.54) is 58.3 Å². The molecule has 0 fully saturated rings. The highest BCUT2D eigenvalue weighted by Gasteiger charge is 2.09. The molecule has 0 bridgehead atoms. The van der Waals surface area contributed by atoms with Crippen LogP contribution in [0.5, 0.6) is 0 Å². The van der Waals surface area contributed by atoms with Gasteiger partial charge in [-0.25, -0.2) is 0 Å². The maximum Gasteiger partial charge on any atom is 0.302 e. The van der Waals surface area contributed by atoms with Crippen LogP contribution in [0.1, 0.15) is 97.8 Å². The summed E-state index contributed by atoms with van der Waals surface area (Å²) in [5.74, 6) is -0.150. The molecular formula is C19H36O2. The van der Waals surface area contributed by atoms with Crippen molar-refractivity contribution in [1.82, 2.24) is 0 Å². The number of rotatable bonds is 14. The Kier molecular flexibility index (Phi) is 15.0. The number of hydrogen-bond donors (Lipinski definition) is 0. The molecule has 0 aromatic heterocycles. The largest absolute Gasteiger partial charge is 0.462 e. The highest BCUT2D eigenvalue weighted by Crippen LogP contribution is 2.13. The van der Waals surface area contributed by atoms with Gasteiger partial charge in [-0.3, -0.25) is 4.79 Å². The first-order valence-electron chi connectivity index (χ1n) is 9.02. The van der Waals surface area contributed by atoms with E-state index in [1.54, 1.807) is 0 Å². The Bertz CT molecular complexity index is 258. The molecule has 0 aliphatic heterocycles. The van der Waals surface area contributed by atoms with E-state index in [0.29, 0.717) is 0 Å². The third kappa shape index (κ3) is 15.4. The van der Waals surface area contributed by atoms with E-state index < -0.39 is 0 Å². The number of carbonyl (C=O) groups is 1. The van der Waals surface area contributed by atoms with Crippen LogP contribution in [0.4, 0.5) is 0 Å². The van der Waals surface area contributed by atoms with Crippen molar-refractivity contribution in [1.29, 1.82) is 0 Å². The van der Waals surface area contributed by atoms with Crippen LogP contribution in [0, 0.1) is 0 Å². The first-order valence-corrected chi connectivity index (χ1v) is 9.02. The Labute approximate surface area is 132 Å². The molecule has 0 N–H and O–H groups in total. The number of hydrogen-bond acceptors (Lipinski definition) is 2. The van der Waals surface area contributed by atoms with Crippen LogP contribution in [0.2, 0.25) is 0 Å². The Balaban J connectivity index is 3.75. The first kappa shape index (κ1) is 20.2. The molecule has 0 heterocycles. The van der Waals surface area contributed by atoms with Gasteiger partial charge in [0.1, 0.15) is 6.10 Å². The maximum atomic E-state index is 11.1. The zero-order chi connectivity index (χ0) is 15.8. The monoisotopic (exact) mass is 296 g/mol. The minimum atomic E-state index is -0.150. The molecule has 2 nitrogen and oxygen atoms in total. The molecule has 0 radical (unpaired) electrons. The fraction of sp³-hybridized carbons (Fsp3) is 0.842. The van der Waals surface area contributed by atoms with E-state index in [9.17, 15) is 4.79 Å². The molecule has 0 aliphatic carbocycles. The van der Waals surface area contributed by atoms with E-state index >= 15 is 0 Å². The summed E-state index contributed by atoms with van der Waals surface area (Å²) in [6.45, 7) is 5.97. The van der Waals surface area contributed by atoms with Gasteiger partial charge in [-0.05, 0) is 25.7 Å². The van der Waals surface area contributed by atoms with Crippen LogP contribution in [0.15, 0.2) is 12.2 Å². The van der Waals surface area contributed by atoms with Crippen molar-refractivity contribution in [3.63, 3.8) is 0 Å². The second-order valence-electron chi connectivity index (χ2n) is 5.99. The van der Waals surface area contributed by atoms with Crippen molar-refractivity contribution in [2.75, 3.05) is 0 Å². The van der Waals surface area contributed by atoms with Crippen molar-refractivity contribution in [3.8, 4) is 0 Å². The molecule has 0 aliphatic rings. The van der Waals surface area contributed by atoms with Gasteiger partial charge >= 0.3 is 5.97 Å². The fourth-order valence-electron chi connectivity index (χ4n) is 2.49. The molecular weight excluding hydrogens is 260 g/mol. The van der Waals surface area contributed by atoms with E-state index in [4.69, 9.17) is 4.74 Å². The Morgan fingerprint density at radius 3 is 2.14 bits per heavy atom. The topological polar surface area (TPSA) is 26.3 Å². The molecule has 0 aromatic carbocycles. The van der Waals surface area contributed by atoms with E-state index in [0.717, 1.165) is 25.7 Å². The van der Waals surface area contributed by atoms with Gasteiger partial charge in [-0.2, -0.15) is 0 Å². The van der Waals surface area contributed by atoms with Gasteiger partial charge in [0.05, 0.1) is 0 Å². The lowest BCUT2D eigenvalue weighted by Gasteiger charge is -2.15. The molecule has 0 aromatic rings. The normalized spacial score (nSPS) is 12.7. The van der Waals surface area contributed by atoms with Crippen molar-refractivity contribution < 1.29 is 9.53 Å². The van der Waals surface area contributed by atoms with Gasteiger partial charge in [-0.15, -0.1) is 0 Å². The minimum absolute atomic E-state index is 0.0793. The smallest absolute Gasteiger partial charge is 0.302 e. The van der Waals surface area contributed by atoms with Crippen LogP contribution in [-0.2, 0) is 9.53 Å². The second-order valence-corrected chi connectivity index (χ2v) is 5.99. The lowest BCUT2D eigenvalue weighted by Crippen LogP contribution is -2.15. The maximum absolute atomic E-state index is 11.1. The molecule has 1 unspecified atom stereocenters. The third-order valence-corrected chi connectivity index (χ3v) is 3.75. The quantitative estimate of drug-likeness (QED) is 0.217. The third-order valence-electron chi connectivity index (χ3n) is 3.75. The number of ether oxygens (including phenoxy) is 1. The van der Waals surface area contributed by atoms with E-state index in [-0.39, 0.29) is 12.1 Å². The number of carbonyl (C=O) groups excluding carboxylic acids is 1. The number of esters is 1. The summed E-state index contributed by atoms with van der Waals surface area (Å²) in [6.07, 6.45) is 19.1. The molecule has 2 heteroatoms. The van der Waals surface area contributed by atoms with Gasteiger partial charge < -0.3 is 4.74 Å². The summed E-state index contributed by atoms with van der Waals surface area (Å²) in [7, 11) is 0. The van der Waals surface area contributed by atoms with Crippen molar-refractivity contribution in [2.45, 2.75) is 104 Å². The Morgan fingerprint density at radius 2 is 1.52 bits per heavy atom. The number of allylic oxidation sites excluding steroid dienone is 1. The standard InChI is InChI=1S/C19H36O2/c1-4-6-8-10-11-12-13-15-17-19(21-18(3)20)16-14-9-7-5-2/h13,15,19H,4-12,14,16-17H2,1-3H3. The lowest BCUT2D eigenvalue weighted by atomic mass is 10.1. The Morgan fingerprint density at radius 1 is 0.905 bits per heavy atom. The Hall–Kier alpha value is -0.790. The highest BCUT2D eigenvalue weighted by molar-refractivity contribution is 5.66. The average Bonchev–Trinajstić information content (AvgIpc) is 2.45. The molecule has 1 atom stereocenters. The summed E-state index contributed by atoms with van der Waals surface area (Å²) in [4.78, 5) is 11.1. The van der Waals surface area contributed by atoms with Crippen LogP contribution >= 0.6 is 0 Å². The van der Waals surface area contributed by atoms with E-state index in [2.05, 4.69) is 26.0 Å². The predicted molar refractivity (Wildman–Crippen MR) is 91.4 cm³/mol. The zero-order valence-corrected chi connectivity index (χ0v) is 14.5. The summed E-state index contributed by atoms with van der Waals surface area (Å²) in [5.41, 5.74) is 0. The van der Waals surface area contributed by atoms with Gasteiger partial charge in [0, 0.05) is 13.3 Å². The zero-order valence-electron chi connectivity index (χ0n) is 14.5. The van der Waals surface area contributed by atoms with Crippen LogP contribution in [0.3, 0.4) is 0 Å². The van der Waals surface area contributed by atoms with Gasteiger partial charge in [0.25, 0.3) is 0 Å². The first-order chi connectivity index (χ1) is 10.2. The van der Waals surface area contributed by atoms with Crippen LogP contribution in [-0.4, -0.2) is 12.1 Å². The fourth-order valence-corrected chi connectivity index (χ4v) is 2.49. The van der Waals surface area contributed by atoms with Crippen LogP contribution in [0.25, 0.3) is 0 Å². The van der Waals surface area contributed by atoms with Crippen molar-refractivity contribution in [2.24, 2.45) is 0 Å². The molecule has 21 heavy (non-hydrogen) atoms. The average molecular weight is 296 g/mol. The SMILES string of the molecule is CCCCCCCC=CCC(CCCCCC)OC(C)=O. The van der Waals surface area contributed by atoms with Crippen LogP contribution < -0.4 is 0 Å². The molecule has 0 saturated carbocycles. The summed E-state index contributed by atoms with van der Waals surface area (Å²) >= 11 is 0. The summed E-state index contributed by atoms with van der Waals surface area (Å²) in [5, 5.41) is 0. The molecule has 0 amide bonds. The summed E-state index contributed by atoms with van der Waals surface area (Å²) < 4.78 is 5.40. The lowest BCUT2D eigenvalue weighted by molar-refractivity contribution is -0.146. The van der Waals surface area contributed by atoms with Crippen molar-refractivity contribution >= 4 is 5.97 Å². The van der Waals surface area contributed by atoms with Gasteiger partial charge in [0.15, 0.2) is 0 Å². The molecule has 0 saturated heterocycles. The molecule has 124 valence electrons. The highest BCUT2D eigenvalue weighted by atomic mass is 16.5.